The maximum Gasteiger partial charge on any atom is 0.229 e. The van der Waals surface area contributed by atoms with Crippen LogP contribution in [0.4, 0.5) is 17.3 Å². The highest BCUT2D eigenvalue weighted by Crippen LogP contribution is 2.20. The van der Waals surface area contributed by atoms with Gasteiger partial charge in [0, 0.05) is 37.7 Å². The largest absolute Gasteiger partial charge is 0.378 e. The first-order valence-electron chi connectivity index (χ1n) is 10.7. The van der Waals surface area contributed by atoms with Gasteiger partial charge in [0.15, 0.2) is 5.65 Å². The maximum absolute atomic E-state index is 5.47. The molecule has 4 heterocycles. The van der Waals surface area contributed by atoms with Crippen molar-refractivity contribution in [2.75, 3.05) is 36.5 Å². The monoisotopic (exact) mass is 418 g/mol. The average molecular weight is 419 g/mol. The van der Waals surface area contributed by atoms with Crippen LogP contribution in [0.5, 0.6) is 0 Å². The first-order chi connectivity index (χ1) is 15.3. The van der Waals surface area contributed by atoms with Gasteiger partial charge in [-0.2, -0.15) is 15.2 Å². The van der Waals surface area contributed by atoms with Crippen LogP contribution in [0.1, 0.15) is 18.9 Å². The van der Waals surface area contributed by atoms with Gasteiger partial charge in [-0.3, -0.25) is 4.68 Å². The van der Waals surface area contributed by atoms with E-state index in [-0.39, 0.29) is 0 Å². The highest BCUT2D eigenvalue weighted by atomic mass is 16.5. The van der Waals surface area contributed by atoms with Gasteiger partial charge in [-0.1, -0.05) is 19.1 Å². The van der Waals surface area contributed by atoms with Gasteiger partial charge < -0.3 is 15.0 Å². The Hall–Kier alpha value is -3.46. The van der Waals surface area contributed by atoms with Gasteiger partial charge in [0.25, 0.3) is 0 Å². The molecule has 1 aliphatic rings. The number of rotatable bonds is 7. The Morgan fingerprint density at radius 1 is 1.10 bits per heavy atom. The fourth-order valence-electron chi connectivity index (χ4n) is 3.80. The van der Waals surface area contributed by atoms with Crippen LogP contribution >= 0.6 is 0 Å². The number of aryl methyl sites for hydroxylation is 1. The molecule has 1 saturated heterocycles. The highest BCUT2D eigenvalue weighted by Gasteiger charge is 2.13. The molecule has 0 amide bonds. The lowest BCUT2D eigenvalue weighted by Crippen LogP contribution is -2.36. The summed E-state index contributed by atoms with van der Waals surface area (Å²) < 4.78 is 9.30. The Kier molecular flexibility index (Phi) is 5.49. The van der Waals surface area contributed by atoms with Crippen molar-refractivity contribution in [1.29, 1.82) is 0 Å². The zero-order valence-electron chi connectivity index (χ0n) is 17.6. The molecule has 1 N–H and O–H groups in total. The second-order valence-corrected chi connectivity index (χ2v) is 7.66. The van der Waals surface area contributed by atoms with Gasteiger partial charge in [-0.15, -0.1) is 0 Å². The zero-order chi connectivity index (χ0) is 21.0. The number of fused-ring (bicyclic) bond motifs is 1. The van der Waals surface area contributed by atoms with Crippen molar-refractivity contribution in [3.8, 4) is 0 Å². The SMILES string of the molecule is CCCn1cc(Nc2ncc3cnn(Cc4cccc(N5CCOCC5)c4)c3n2)cn1. The van der Waals surface area contributed by atoms with Crippen molar-refractivity contribution in [2.24, 2.45) is 0 Å². The van der Waals surface area contributed by atoms with Gasteiger partial charge in [0.05, 0.1) is 43.2 Å². The standard InChI is InChI=1S/C22H26N8O/c1-2-6-29-16-19(14-24-29)26-22-23-12-18-13-25-30(21(18)27-22)15-17-4-3-5-20(11-17)28-7-9-31-10-8-28/h3-5,11-14,16H,2,6-10,15H2,1H3,(H,23,26,27). The quantitative estimate of drug-likeness (QED) is 0.494. The fourth-order valence-corrected chi connectivity index (χ4v) is 3.80. The number of aromatic nitrogens is 6. The number of nitrogens with one attached hydrogen (secondary N) is 1. The number of nitrogens with zero attached hydrogens (tertiary/aromatic N) is 7. The number of hydrogen-bond acceptors (Lipinski definition) is 7. The second-order valence-electron chi connectivity index (χ2n) is 7.66. The molecular weight excluding hydrogens is 392 g/mol. The molecule has 9 nitrogen and oxygen atoms in total. The van der Waals surface area contributed by atoms with Crippen LogP contribution in [-0.2, 0) is 17.8 Å². The zero-order valence-corrected chi connectivity index (χ0v) is 17.6. The lowest BCUT2D eigenvalue weighted by Gasteiger charge is -2.29. The molecule has 0 radical (unpaired) electrons. The molecule has 0 spiro atoms. The lowest BCUT2D eigenvalue weighted by atomic mass is 10.2. The van der Waals surface area contributed by atoms with E-state index in [1.807, 2.05) is 21.8 Å². The Morgan fingerprint density at radius 2 is 2.00 bits per heavy atom. The molecule has 3 aromatic heterocycles. The molecule has 1 aromatic carbocycles. The number of anilines is 3. The Morgan fingerprint density at radius 3 is 2.87 bits per heavy atom. The van der Waals surface area contributed by atoms with E-state index in [1.54, 1.807) is 12.4 Å². The molecule has 1 fully saturated rings. The van der Waals surface area contributed by atoms with Crippen molar-refractivity contribution >= 4 is 28.4 Å². The van der Waals surface area contributed by atoms with Crippen LogP contribution in [0.2, 0.25) is 0 Å². The van der Waals surface area contributed by atoms with Crippen molar-refractivity contribution in [3.63, 3.8) is 0 Å². The van der Waals surface area contributed by atoms with E-state index in [0.29, 0.717) is 12.5 Å². The molecule has 0 saturated carbocycles. The molecule has 0 atom stereocenters. The molecule has 0 bridgehead atoms. The van der Waals surface area contributed by atoms with Gasteiger partial charge in [-0.25, -0.2) is 9.67 Å². The van der Waals surface area contributed by atoms with E-state index in [1.165, 1.54) is 11.3 Å². The summed E-state index contributed by atoms with van der Waals surface area (Å²) in [5.41, 5.74) is 4.08. The van der Waals surface area contributed by atoms with Crippen molar-refractivity contribution in [3.05, 3.63) is 54.6 Å². The Bertz CT molecular complexity index is 1160. The van der Waals surface area contributed by atoms with Crippen LogP contribution in [0.25, 0.3) is 11.0 Å². The normalized spacial score (nSPS) is 14.3. The van der Waals surface area contributed by atoms with Crippen LogP contribution < -0.4 is 10.2 Å². The fraction of sp³-hybridized carbons (Fsp3) is 0.364. The third kappa shape index (κ3) is 4.36. The summed E-state index contributed by atoms with van der Waals surface area (Å²) in [5, 5.41) is 13.0. The van der Waals surface area contributed by atoms with Crippen molar-refractivity contribution < 1.29 is 4.74 Å². The van der Waals surface area contributed by atoms with Gasteiger partial charge >= 0.3 is 0 Å². The highest BCUT2D eigenvalue weighted by molar-refractivity contribution is 5.75. The number of hydrogen-bond donors (Lipinski definition) is 1. The van der Waals surface area contributed by atoms with E-state index >= 15 is 0 Å². The molecule has 0 aliphatic carbocycles. The summed E-state index contributed by atoms with van der Waals surface area (Å²) in [6.07, 6.45) is 8.40. The van der Waals surface area contributed by atoms with Crippen molar-refractivity contribution in [1.82, 2.24) is 29.5 Å². The summed E-state index contributed by atoms with van der Waals surface area (Å²) in [7, 11) is 0. The maximum atomic E-state index is 5.47. The van der Waals surface area contributed by atoms with Crippen LogP contribution in [0.15, 0.2) is 49.1 Å². The summed E-state index contributed by atoms with van der Waals surface area (Å²) in [6.45, 7) is 7.06. The van der Waals surface area contributed by atoms with E-state index in [0.717, 1.165) is 56.0 Å². The minimum atomic E-state index is 0.535. The molecule has 1 aliphatic heterocycles. The molecule has 5 rings (SSSR count). The number of benzene rings is 1. The molecule has 4 aromatic rings. The summed E-state index contributed by atoms with van der Waals surface area (Å²) in [4.78, 5) is 11.5. The van der Waals surface area contributed by atoms with Crippen molar-refractivity contribution in [2.45, 2.75) is 26.4 Å². The summed E-state index contributed by atoms with van der Waals surface area (Å²) in [6, 6.07) is 8.60. The first kappa shape index (κ1) is 19.5. The van der Waals surface area contributed by atoms with E-state index < -0.39 is 0 Å². The summed E-state index contributed by atoms with van der Waals surface area (Å²) >= 11 is 0. The smallest absolute Gasteiger partial charge is 0.229 e. The molecular formula is C22H26N8O. The van der Waals surface area contributed by atoms with E-state index in [2.05, 4.69) is 56.6 Å². The number of ether oxygens (including phenoxy) is 1. The molecule has 31 heavy (non-hydrogen) atoms. The second kappa shape index (κ2) is 8.73. The lowest BCUT2D eigenvalue weighted by molar-refractivity contribution is 0.122. The minimum absolute atomic E-state index is 0.535. The van der Waals surface area contributed by atoms with Crippen LogP contribution in [0.3, 0.4) is 0 Å². The predicted octanol–water partition coefficient (Wildman–Crippen LogP) is 3.06. The molecule has 9 heteroatoms. The van der Waals surface area contributed by atoms with Gasteiger partial charge in [0.1, 0.15) is 0 Å². The third-order valence-corrected chi connectivity index (χ3v) is 5.34. The van der Waals surface area contributed by atoms with Gasteiger partial charge in [-0.05, 0) is 24.1 Å². The van der Waals surface area contributed by atoms with E-state index in [9.17, 15) is 0 Å². The van der Waals surface area contributed by atoms with Crippen LogP contribution in [0, 0.1) is 0 Å². The Labute approximate surface area is 180 Å². The van der Waals surface area contributed by atoms with Gasteiger partial charge in [0.2, 0.25) is 5.95 Å². The predicted molar refractivity (Wildman–Crippen MR) is 120 cm³/mol. The topological polar surface area (TPSA) is 85.9 Å². The van der Waals surface area contributed by atoms with E-state index in [4.69, 9.17) is 9.72 Å². The first-order valence-corrected chi connectivity index (χ1v) is 10.7. The third-order valence-electron chi connectivity index (χ3n) is 5.34. The molecule has 0 unspecified atom stereocenters. The Balaban J connectivity index is 1.36. The number of morpholine rings is 1. The molecule has 160 valence electrons. The average Bonchev–Trinajstić information content (AvgIpc) is 3.42. The van der Waals surface area contributed by atoms with Crippen LogP contribution in [-0.4, -0.2) is 55.8 Å². The minimum Gasteiger partial charge on any atom is -0.378 e. The summed E-state index contributed by atoms with van der Waals surface area (Å²) in [5.74, 6) is 0.535.